The summed E-state index contributed by atoms with van der Waals surface area (Å²) in [5.41, 5.74) is 6.50. The molecule has 1 aliphatic heterocycles. The van der Waals surface area contributed by atoms with Crippen molar-refractivity contribution < 1.29 is 19.0 Å². The molecule has 0 aliphatic carbocycles. The number of nitrogens with one attached hydrogen (secondary N) is 2. The molecule has 1 aliphatic rings. The molecule has 3 heterocycles. The van der Waals surface area contributed by atoms with E-state index in [-0.39, 0.29) is 24.6 Å². The van der Waals surface area contributed by atoms with E-state index in [0.717, 1.165) is 39.8 Å². The summed E-state index contributed by atoms with van der Waals surface area (Å²) in [6.45, 7) is 4.14. The van der Waals surface area contributed by atoms with Crippen molar-refractivity contribution >= 4 is 34.6 Å². The predicted molar refractivity (Wildman–Crippen MR) is 163 cm³/mol. The average molecular weight is 572 g/mol. The molecular weight excluding hydrogens is 538 g/mol. The van der Waals surface area contributed by atoms with Crippen LogP contribution in [0.25, 0.3) is 5.69 Å². The van der Waals surface area contributed by atoms with E-state index in [4.69, 9.17) is 26.4 Å². The molecule has 2 aromatic carbocycles. The van der Waals surface area contributed by atoms with E-state index in [0.29, 0.717) is 16.5 Å². The first kappa shape index (κ1) is 28.1. The maximum atomic E-state index is 12.4. The smallest absolute Gasteiger partial charge is 0.250 e. The van der Waals surface area contributed by atoms with E-state index in [9.17, 15) is 4.79 Å². The standard InChI is InChI=1S/C31H33N5O4S/c1-19-16-24(20(2)35(19)21-9-12-23(39-4)13-10-21)30-29(25-8-6-7-15-32-25)34-31(41)36(30)22-11-14-27(40-5)26(17-22)33-28(37)18-38-3/h6-17,29-30H,18H2,1-5H3,(H,33,37)(H,34,41). The third kappa shape index (κ3) is 5.48. The van der Waals surface area contributed by atoms with E-state index in [1.807, 2.05) is 60.7 Å². The second kappa shape index (κ2) is 12.0. The van der Waals surface area contributed by atoms with Crippen LogP contribution in [0.2, 0.25) is 0 Å². The summed E-state index contributed by atoms with van der Waals surface area (Å²) in [5, 5.41) is 6.96. The lowest BCUT2D eigenvalue weighted by Crippen LogP contribution is -2.29. The molecule has 9 nitrogen and oxygen atoms in total. The first-order chi connectivity index (χ1) is 19.9. The van der Waals surface area contributed by atoms with E-state index in [1.165, 1.54) is 7.11 Å². The highest BCUT2D eigenvalue weighted by Gasteiger charge is 2.42. The Morgan fingerprint density at radius 2 is 1.76 bits per heavy atom. The van der Waals surface area contributed by atoms with Crippen LogP contribution in [0.1, 0.15) is 34.7 Å². The van der Waals surface area contributed by atoms with Gasteiger partial charge in [0.05, 0.1) is 37.7 Å². The number of pyridine rings is 1. The van der Waals surface area contributed by atoms with Crippen LogP contribution in [0.15, 0.2) is 72.9 Å². The number of nitrogens with zero attached hydrogens (tertiary/aromatic N) is 3. The van der Waals surface area contributed by atoms with Gasteiger partial charge in [-0.25, -0.2) is 0 Å². The zero-order chi connectivity index (χ0) is 29.1. The van der Waals surface area contributed by atoms with Crippen molar-refractivity contribution in [2.75, 3.05) is 38.2 Å². The van der Waals surface area contributed by atoms with Gasteiger partial charge in [0.2, 0.25) is 5.91 Å². The predicted octanol–water partition coefficient (Wildman–Crippen LogP) is 5.27. The van der Waals surface area contributed by atoms with E-state index in [2.05, 4.69) is 45.0 Å². The van der Waals surface area contributed by atoms with E-state index >= 15 is 0 Å². The molecule has 2 unspecified atom stereocenters. The third-order valence-corrected chi connectivity index (χ3v) is 7.54. The molecule has 2 aromatic heterocycles. The average Bonchev–Trinajstić information content (AvgIpc) is 3.48. The molecule has 1 saturated heterocycles. The van der Waals surface area contributed by atoms with E-state index < -0.39 is 0 Å². The lowest BCUT2D eigenvalue weighted by molar-refractivity contribution is -0.119. The van der Waals surface area contributed by atoms with Crippen LogP contribution in [0.3, 0.4) is 0 Å². The number of hydrogen-bond donors (Lipinski definition) is 2. The van der Waals surface area contributed by atoms with Crippen molar-refractivity contribution in [2.45, 2.75) is 25.9 Å². The van der Waals surface area contributed by atoms with Gasteiger partial charge < -0.3 is 34.3 Å². The van der Waals surface area contributed by atoms with Crippen molar-refractivity contribution in [3.63, 3.8) is 0 Å². The third-order valence-electron chi connectivity index (χ3n) is 7.23. The molecule has 41 heavy (non-hydrogen) atoms. The topological polar surface area (TPSA) is 89.9 Å². The number of carbonyl (C=O) groups is 1. The highest BCUT2D eigenvalue weighted by Crippen LogP contribution is 2.45. The Bertz CT molecular complexity index is 1550. The fourth-order valence-electron chi connectivity index (χ4n) is 5.43. The van der Waals surface area contributed by atoms with E-state index in [1.54, 1.807) is 20.4 Å². The second-order valence-electron chi connectivity index (χ2n) is 9.72. The Hall–Kier alpha value is -4.41. The molecule has 0 radical (unpaired) electrons. The number of methoxy groups -OCH3 is 3. The van der Waals surface area contributed by atoms with Gasteiger partial charge in [0.15, 0.2) is 5.11 Å². The molecule has 1 amide bonds. The van der Waals surface area contributed by atoms with Crippen LogP contribution < -0.4 is 25.0 Å². The van der Waals surface area contributed by atoms with Crippen LogP contribution in [0.4, 0.5) is 11.4 Å². The highest BCUT2D eigenvalue weighted by atomic mass is 32.1. The van der Waals surface area contributed by atoms with Crippen molar-refractivity contribution in [3.05, 3.63) is 95.6 Å². The summed E-state index contributed by atoms with van der Waals surface area (Å²) >= 11 is 5.94. The molecule has 0 spiro atoms. The molecule has 4 aromatic rings. The summed E-state index contributed by atoms with van der Waals surface area (Å²) in [4.78, 5) is 19.2. The minimum Gasteiger partial charge on any atom is -0.497 e. The zero-order valence-corrected chi connectivity index (χ0v) is 24.5. The zero-order valence-electron chi connectivity index (χ0n) is 23.7. The van der Waals surface area contributed by atoms with Gasteiger partial charge >= 0.3 is 0 Å². The maximum Gasteiger partial charge on any atom is 0.250 e. The highest BCUT2D eigenvalue weighted by molar-refractivity contribution is 7.80. The van der Waals surface area contributed by atoms with Crippen LogP contribution in [0, 0.1) is 13.8 Å². The van der Waals surface area contributed by atoms with Crippen LogP contribution in [-0.2, 0) is 9.53 Å². The Kier molecular flexibility index (Phi) is 8.23. The number of hydrogen-bond acceptors (Lipinski definition) is 6. The van der Waals surface area contributed by atoms with Crippen LogP contribution >= 0.6 is 12.2 Å². The lowest BCUT2D eigenvalue weighted by atomic mass is 9.96. The number of ether oxygens (including phenoxy) is 3. The first-order valence-corrected chi connectivity index (χ1v) is 13.6. The van der Waals surface area contributed by atoms with Gasteiger partial charge in [0, 0.05) is 36.1 Å². The summed E-state index contributed by atoms with van der Waals surface area (Å²) in [6.07, 6.45) is 1.79. The molecular formula is C31H33N5O4S. The fourth-order valence-corrected chi connectivity index (χ4v) is 5.77. The largest absolute Gasteiger partial charge is 0.497 e. The van der Waals surface area contributed by atoms with Gasteiger partial charge in [-0.15, -0.1) is 0 Å². The number of carbonyl (C=O) groups excluding carboxylic acids is 1. The number of benzene rings is 2. The molecule has 0 bridgehead atoms. The number of anilines is 2. The Labute approximate surface area is 245 Å². The van der Waals surface area contributed by atoms with Crippen LogP contribution in [-0.4, -0.2) is 48.5 Å². The van der Waals surface area contributed by atoms with Gasteiger partial charge in [0.25, 0.3) is 0 Å². The molecule has 1 fully saturated rings. The van der Waals surface area contributed by atoms with Crippen molar-refractivity contribution in [2.24, 2.45) is 0 Å². The van der Waals surface area contributed by atoms with Crippen LogP contribution in [0.5, 0.6) is 11.5 Å². The van der Waals surface area contributed by atoms with Gasteiger partial charge in [0.1, 0.15) is 18.1 Å². The monoisotopic (exact) mass is 571 g/mol. The summed E-state index contributed by atoms with van der Waals surface area (Å²) in [6, 6.07) is 21.3. The van der Waals surface area contributed by atoms with Gasteiger partial charge in [-0.1, -0.05) is 6.07 Å². The molecule has 2 N–H and O–H groups in total. The minimum atomic E-state index is -0.281. The minimum absolute atomic E-state index is 0.0706. The number of aryl methyl sites for hydroxylation is 1. The first-order valence-electron chi connectivity index (χ1n) is 13.2. The SMILES string of the molecule is COCC(=O)Nc1cc(N2C(=S)NC(c3ccccn3)C2c2cc(C)n(-c3ccc(OC)cc3)c2C)ccc1OC. The molecule has 10 heteroatoms. The second-order valence-corrected chi connectivity index (χ2v) is 10.1. The molecule has 212 valence electrons. The van der Waals surface area contributed by atoms with Crippen molar-refractivity contribution in [1.29, 1.82) is 0 Å². The fraction of sp³-hybridized carbons (Fsp3) is 0.258. The summed E-state index contributed by atoms with van der Waals surface area (Å²) in [7, 11) is 4.71. The summed E-state index contributed by atoms with van der Waals surface area (Å²) in [5.74, 6) is 1.05. The molecule has 0 saturated carbocycles. The molecule has 2 atom stereocenters. The normalized spacial score (nSPS) is 16.4. The van der Waals surface area contributed by atoms with Crippen molar-refractivity contribution in [1.82, 2.24) is 14.9 Å². The number of thiocarbonyl (C=S) groups is 1. The Balaban J connectivity index is 1.63. The van der Waals surface area contributed by atoms with Crippen molar-refractivity contribution in [3.8, 4) is 17.2 Å². The quantitative estimate of drug-likeness (QED) is 0.263. The lowest BCUT2D eigenvalue weighted by Gasteiger charge is -2.29. The Morgan fingerprint density at radius 1 is 1.00 bits per heavy atom. The Morgan fingerprint density at radius 3 is 2.41 bits per heavy atom. The summed E-state index contributed by atoms with van der Waals surface area (Å²) < 4.78 is 18.1. The number of amides is 1. The molecule has 5 rings (SSSR count). The van der Waals surface area contributed by atoms with Gasteiger partial charge in [-0.2, -0.15) is 0 Å². The maximum absolute atomic E-state index is 12.4. The van der Waals surface area contributed by atoms with Gasteiger partial charge in [-0.3, -0.25) is 9.78 Å². The van der Waals surface area contributed by atoms with Gasteiger partial charge in [-0.05, 0) is 92.3 Å². The number of aromatic nitrogens is 2. The number of rotatable bonds is 9.